The minimum absolute atomic E-state index is 0.297. The van der Waals surface area contributed by atoms with E-state index in [1.165, 1.54) is 12.1 Å². The molecule has 1 unspecified atom stereocenters. The van der Waals surface area contributed by atoms with Crippen LogP contribution >= 0.6 is 0 Å². The number of ether oxygens (including phenoxy) is 1. The summed E-state index contributed by atoms with van der Waals surface area (Å²) >= 11 is 0. The highest BCUT2D eigenvalue weighted by Crippen LogP contribution is 2.25. The van der Waals surface area contributed by atoms with Crippen molar-refractivity contribution in [2.45, 2.75) is 19.6 Å². The van der Waals surface area contributed by atoms with E-state index in [1.807, 2.05) is 13.0 Å². The van der Waals surface area contributed by atoms with Gasteiger partial charge in [-0.3, -0.25) is 0 Å². The monoisotopic (exact) mass is 249 g/mol. The Morgan fingerprint density at radius 3 is 2.83 bits per heavy atom. The number of hydrogen-bond acceptors (Lipinski definition) is 3. The quantitative estimate of drug-likeness (QED) is 0.906. The lowest BCUT2D eigenvalue weighted by molar-refractivity contribution is 0.162. The van der Waals surface area contributed by atoms with E-state index in [0.29, 0.717) is 18.1 Å². The van der Waals surface area contributed by atoms with Crippen LogP contribution in [-0.4, -0.2) is 7.11 Å². The second-order valence-corrected chi connectivity index (χ2v) is 4.22. The number of aryl methyl sites for hydroxylation is 1. The lowest BCUT2D eigenvalue weighted by atomic mass is 10.00. The van der Waals surface area contributed by atoms with E-state index in [4.69, 9.17) is 14.9 Å². The topological polar surface area (TPSA) is 48.4 Å². The van der Waals surface area contributed by atoms with Crippen molar-refractivity contribution < 1.29 is 13.5 Å². The van der Waals surface area contributed by atoms with Crippen LogP contribution in [0.5, 0.6) is 0 Å². The molecule has 0 spiro atoms. The first kappa shape index (κ1) is 12.8. The molecule has 2 rings (SSSR count). The molecule has 0 saturated heterocycles. The number of nitrogens with two attached hydrogens (primary N) is 1. The van der Waals surface area contributed by atoms with Gasteiger partial charge < -0.3 is 14.9 Å². The van der Waals surface area contributed by atoms with Crippen LogP contribution in [0.3, 0.4) is 0 Å². The normalized spacial score (nSPS) is 12.7. The highest BCUT2D eigenvalue weighted by molar-refractivity contribution is 5.34. The minimum Gasteiger partial charge on any atom is -0.462 e. The van der Waals surface area contributed by atoms with Gasteiger partial charge in [0.25, 0.3) is 0 Å². The van der Waals surface area contributed by atoms with Gasteiger partial charge in [0, 0.05) is 7.11 Å². The Balaban J connectivity index is 2.29. The summed E-state index contributed by atoms with van der Waals surface area (Å²) in [6.07, 6.45) is 0. The molecule has 0 bridgehead atoms. The molecule has 0 fully saturated rings. The molecule has 0 amide bonds. The molecule has 0 radical (unpaired) electrons. The molecular weight excluding hydrogens is 233 g/mol. The summed E-state index contributed by atoms with van der Waals surface area (Å²) in [5, 5.41) is 0. The molecule has 3 nitrogen and oxygen atoms in total. The lowest BCUT2D eigenvalue weighted by Gasteiger charge is -2.12. The van der Waals surface area contributed by atoms with Crippen LogP contribution in [0.15, 0.2) is 34.7 Å². The van der Waals surface area contributed by atoms with E-state index >= 15 is 0 Å². The number of rotatable bonds is 4. The molecule has 4 heteroatoms. The summed E-state index contributed by atoms with van der Waals surface area (Å²) in [5.74, 6) is 1.02. The molecule has 0 aliphatic rings. The van der Waals surface area contributed by atoms with E-state index in [9.17, 15) is 4.39 Å². The van der Waals surface area contributed by atoms with Crippen LogP contribution in [-0.2, 0) is 11.3 Å². The van der Waals surface area contributed by atoms with E-state index in [0.717, 1.165) is 11.1 Å². The van der Waals surface area contributed by atoms with Gasteiger partial charge in [0.1, 0.15) is 23.9 Å². The van der Waals surface area contributed by atoms with Crippen molar-refractivity contribution in [2.24, 2.45) is 5.73 Å². The molecule has 1 aromatic heterocycles. The third kappa shape index (κ3) is 2.60. The standard InChI is InChI=1S/C14H16FNO2/c1-9-3-4-10(15)7-12(9)14(16)13-6-5-11(18-13)8-17-2/h3-7,14H,8,16H2,1-2H3. The predicted molar refractivity (Wildman–Crippen MR) is 66.6 cm³/mol. The van der Waals surface area contributed by atoms with Gasteiger partial charge in [-0.05, 0) is 42.3 Å². The van der Waals surface area contributed by atoms with Crippen molar-refractivity contribution in [1.29, 1.82) is 0 Å². The Morgan fingerprint density at radius 1 is 1.33 bits per heavy atom. The maximum absolute atomic E-state index is 13.2. The van der Waals surface area contributed by atoms with Crippen LogP contribution in [0.2, 0.25) is 0 Å². The number of furan rings is 1. The molecule has 96 valence electrons. The highest BCUT2D eigenvalue weighted by atomic mass is 19.1. The van der Waals surface area contributed by atoms with Gasteiger partial charge in [-0.25, -0.2) is 4.39 Å². The highest BCUT2D eigenvalue weighted by Gasteiger charge is 2.16. The van der Waals surface area contributed by atoms with Gasteiger partial charge in [0.05, 0.1) is 6.04 Å². The maximum atomic E-state index is 13.2. The molecule has 0 saturated carbocycles. The molecule has 18 heavy (non-hydrogen) atoms. The number of methoxy groups -OCH3 is 1. The predicted octanol–water partition coefficient (Wildman–Crippen LogP) is 2.92. The van der Waals surface area contributed by atoms with Gasteiger partial charge in [-0.2, -0.15) is 0 Å². The van der Waals surface area contributed by atoms with Crippen molar-refractivity contribution in [1.82, 2.24) is 0 Å². The van der Waals surface area contributed by atoms with Gasteiger partial charge in [-0.15, -0.1) is 0 Å². The number of benzene rings is 1. The third-order valence-electron chi connectivity index (χ3n) is 2.85. The Labute approximate surface area is 105 Å². The Bertz CT molecular complexity index is 536. The molecule has 0 aliphatic heterocycles. The zero-order valence-electron chi connectivity index (χ0n) is 10.4. The Kier molecular flexibility index (Phi) is 3.79. The van der Waals surface area contributed by atoms with E-state index in [1.54, 1.807) is 19.2 Å². The molecule has 1 heterocycles. The first-order valence-electron chi connectivity index (χ1n) is 5.71. The first-order valence-corrected chi connectivity index (χ1v) is 5.71. The summed E-state index contributed by atoms with van der Waals surface area (Å²) in [4.78, 5) is 0. The second kappa shape index (κ2) is 5.33. The smallest absolute Gasteiger partial charge is 0.129 e. The summed E-state index contributed by atoms with van der Waals surface area (Å²) in [7, 11) is 1.60. The summed E-state index contributed by atoms with van der Waals surface area (Å²) in [6.45, 7) is 2.29. The Hall–Kier alpha value is -1.65. The van der Waals surface area contributed by atoms with Crippen LogP contribution in [0.1, 0.15) is 28.7 Å². The number of halogens is 1. The van der Waals surface area contributed by atoms with Gasteiger partial charge in [0.2, 0.25) is 0 Å². The average Bonchev–Trinajstić information content (AvgIpc) is 2.80. The third-order valence-corrected chi connectivity index (χ3v) is 2.85. The molecule has 2 N–H and O–H groups in total. The molecule has 2 aromatic rings. The summed E-state index contributed by atoms with van der Waals surface area (Å²) in [6, 6.07) is 7.72. The molecule has 1 atom stereocenters. The van der Waals surface area contributed by atoms with Crippen molar-refractivity contribution in [3.8, 4) is 0 Å². The molecule has 0 aliphatic carbocycles. The van der Waals surface area contributed by atoms with Crippen LogP contribution in [0, 0.1) is 12.7 Å². The largest absolute Gasteiger partial charge is 0.462 e. The average molecular weight is 249 g/mol. The fourth-order valence-electron chi connectivity index (χ4n) is 1.88. The number of hydrogen-bond donors (Lipinski definition) is 1. The van der Waals surface area contributed by atoms with E-state index in [-0.39, 0.29) is 5.82 Å². The summed E-state index contributed by atoms with van der Waals surface area (Å²) in [5.41, 5.74) is 7.76. The zero-order valence-corrected chi connectivity index (χ0v) is 10.4. The lowest BCUT2D eigenvalue weighted by Crippen LogP contribution is -2.12. The zero-order chi connectivity index (χ0) is 13.1. The minimum atomic E-state index is -0.466. The fourth-order valence-corrected chi connectivity index (χ4v) is 1.88. The van der Waals surface area contributed by atoms with Crippen LogP contribution < -0.4 is 5.73 Å². The van der Waals surface area contributed by atoms with Crippen molar-refractivity contribution in [2.75, 3.05) is 7.11 Å². The van der Waals surface area contributed by atoms with Crippen molar-refractivity contribution in [3.63, 3.8) is 0 Å². The SMILES string of the molecule is COCc1ccc(C(N)c2cc(F)ccc2C)o1. The van der Waals surface area contributed by atoms with E-state index < -0.39 is 6.04 Å². The van der Waals surface area contributed by atoms with Crippen molar-refractivity contribution in [3.05, 3.63) is 58.8 Å². The van der Waals surface area contributed by atoms with E-state index in [2.05, 4.69) is 0 Å². The molecular formula is C14H16FNO2. The maximum Gasteiger partial charge on any atom is 0.129 e. The Morgan fingerprint density at radius 2 is 2.11 bits per heavy atom. The molecule has 1 aromatic carbocycles. The second-order valence-electron chi connectivity index (χ2n) is 4.22. The van der Waals surface area contributed by atoms with Crippen molar-refractivity contribution >= 4 is 0 Å². The van der Waals surface area contributed by atoms with Gasteiger partial charge in [-0.1, -0.05) is 6.07 Å². The summed E-state index contributed by atoms with van der Waals surface area (Å²) < 4.78 is 23.8. The van der Waals surface area contributed by atoms with Gasteiger partial charge in [0.15, 0.2) is 0 Å². The van der Waals surface area contributed by atoms with Gasteiger partial charge >= 0.3 is 0 Å². The van der Waals surface area contributed by atoms with Crippen LogP contribution in [0.25, 0.3) is 0 Å². The first-order chi connectivity index (χ1) is 8.61. The van der Waals surface area contributed by atoms with Crippen LogP contribution in [0.4, 0.5) is 4.39 Å². The fraction of sp³-hybridized carbons (Fsp3) is 0.286.